The van der Waals surface area contributed by atoms with E-state index in [9.17, 15) is 0 Å². The summed E-state index contributed by atoms with van der Waals surface area (Å²) in [4.78, 5) is 2.44. The number of hydrazone groups is 1. The molecule has 0 fully saturated rings. The summed E-state index contributed by atoms with van der Waals surface area (Å²) in [5, 5.41) is 7.01. The van der Waals surface area contributed by atoms with Crippen LogP contribution in [0.15, 0.2) is 58.2 Å². The second-order valence-electron chi connectivity index (χ2n) is 5.86. The summed E-state index contributed by atoms with van der Waals surface area (Å²) in [5.41, 5.74) is 2.37. The van der Waals surface area contributed by atoms with Gasteiger partial charge in [0.1, 0.15) is 11.8 Å². The second-order valence-corrected chi connectivity index (χ2v) is 5.86. The van der Waals surface area contributed by atoms with Crippen molar-refractivity contribution in [1.82, 2.24) is 4.90 Å². The molecule has 0 spiro atoms. The molecule has 130 valence electrons. The largest absolute Gasteiger partial charge is 0.467 e. The van der Waals surface area contributed by atoms with E-state index in [1.54, 1.807) is 6.26 Å². The Hall–Kier alpha value is -1.78. The van der Waals surface area contributed by atoms with Crippen LogP contribution in [0.2, 0.25) is 0 Å². The molecular formula is C19H26ClN3O. The predicted octanol–water partition coefficient (Wildman–Crippen LogP) is 4.74. The molecule has 0 bridgehead atoms. The van der Waals surface area contributed by atoms with E-state index < -0.39 is 0 Å². The first-order valence-electron chi connectivity index (χ1n) is 8.48. The van der Waals surface area contributed by atoms with Crippen LogP contribution >= 0.6 is 12.4 Å². The minimum absolute atomic E-state index is 0. The Morgan fingerprint density at radius 3 is 2.50 bits per heavy atom. The molecule has 1 atom stereocenters. The van der Waals surface area contributed by atoms with Gasteiger partial charge in [0.25, 0.3) is 0 Å². The topological polar surface area (TPSA) is 32.0 Å². The number of halogens is 1. The Morgan fingerprint density at radius 1 is 1.12 bits per heavy atom. The number of para-hydroxylation sites is 1. The smallest absolute Gasteiger partial charge is 0.128 e. The number of nitrogens with zero attached hydrogens (tertiary/aromatic N) is 3. The van der Waals surface area contributed by atoms with Gasteiger partial charge in [0, 0.05) is 25.1 Å². The van der Waals surface area contributed by atoms with Crippen molar-refractivity contribution >= 4 is 23.8 Å². The van der Waals surface area contributed by atoms with Crippen LogP contribution in [0.3, 0.4) is 0 Å². The molecule has 1 aromatic carbocycles. The van der Waals surface area contributed by atoms with Gasteiger partial charge in [-0.1, -0.05) is 32.0 Å². The molecule has 2 heterocycles. The molecule has 1 aliphatic heterocycles. The molecule has 5 heteroatoms. The van der Waals surface area contributed by atoms with Crippen molar-refractivity contribution in [3.8, 4) is 0 Å². The van der Waals surface area contributed by atoms with E-state index in [0.29, 0.717) is 0 Å². The fourth-order valence-corrected chi connectivity index (χ4v) is 3.07. The zero-order chi connectivity index (χ0) is 16.1. The maximum absolute atomic E-state index is 5.66. The van der Waals surface area contributed by atoms with E-state index in [2.05, 4.69) is 48.0 Å². The van der Waals surface area contributed by atoms with Gasteiger partial charge in [0.05, 0.1) is 12.0 Å². The first kappa shape index (κ1) is 18.6. The monoisotopic (exact) mass is 347 g/mol. The van der Waals surface area contributed by atoms with Crippen LogP contribution in [0.4, 0.5) is 5.69 Å². The predicted molar refractivity (Wildman–Crippen MR) is 102 cm³/mol. The van der Waals surface area contributed by atoms with Crippen LogP contribution in [-0.2, 0) is 0 Å². The minimum atomic E-state index is 0. The lowest BCUT2D eigenvalue weighted by Crippen LogP contribution is -2.25. The first-order chi connectivity index (χ1) is 11.3. The Labute approximate surface area is 150 Å². The van der Waals surface area contributed by atoms with Crippen molar-refractivity contribution in [2.75, 3.05) is 24.6 Å². The van der Waals surface area contributed by atoms with Gasteiger partial charge in [-0.05, 0) is 37.4 Å². The van der Waals surface area contributed by atoms with Gasteiger partial charge >= 0.3 is 0 Å². The van der Waals surface area contributed by atoms with E-state index in [0.717, 1.165) is 43.9 Å². The molecular weight excluding hydrogens is 322 g/mol. The molecule has 0 N–H and O–H groups in total. The molecule has 3 rings (SSSR count). The van der Waals surface area contributed by atoms with Crippen molar-refractivity contribution in [3.05, 3.63) is 54.5 Å². The number of rotatable bonds is 7. The van der Waals surface area contributed by atoms with Gasteiger partial charge in [-0.25, -0.2) is 0 Å². The number of hydrogen-bond acceptors (Lipinski definition) is 4. The lowest BCUT2D eigenvalue weighted by Gasteiger charge is -2.21. The highest BCUT2D eigenvalue weighted by Crippen LogP contribution is 2.35. The quantitative estimate of drug-likeness (QED) is 0.725. The summed E-state index contributed by atoms with van der Waals surface area (Å²) in [6.07, 6.45) is 3.69. The van der Waals surface area contributed by atoms with Gasteiger partial charge in [-0.3, -0.25) is 5.01 Å². The number of hydrogen-bond donors (Lipinski definition) is 0. The third kappa shape index (κ3) is 4.19. The highest BCUT2D eigenvalue weighted by Gasteiger charge is 2.30. The molecule has 0 saturated heterocycles. The summed E-state index contributed by atoms with van der Waals surface area (Å²) < 4.78 is 5.66. The Bertz CT molecular complexity index is 623. The van der Waals surface area contributed by atoms with E-state index in [4.69, 9.17) is 9.52 Å². The van der Waals surface area contributed by atoms with Gasteiger partial charge < -0.3 is 9.32 Å². The molecule has 1 unspecified atom stereocenters. The van der Waals surface area contributed by atoms with Gasteiger partial charge in [-0.2, -0.15) is 5.10 Å². The number of benzene rings is 1. The standard InChI is InChI=1S/C19H25N3O.ClH/c1-3-21(4-2)13-12-16-15-18(19-11-8-14-23-19)22(20-16)17-9-6-5-7-10-17;/h5-11,14,18H,3-4,12-13,15H2,1-2H3;1H. The fraction of sp³-hybridized carbons (Fsp3) is 0.421. The summed E-state index contributed by atoms with van der Waals surface area (Å²) in [7, 11) is 0. The maximum atomic E-state index is 5.66. The molecule has 0 amide bonds. The summed E-state index contributed by atoms with van der Waals surface area (Å²) >= 11 is 0. The zero-order valence-electron chi connectivity index (χ0n) is 14.4. The molecule has 24 heavy (non-hydrogen) atoms. The van der Waals surface area contributed by atoms with Crippen LogP contribution in [-0.4, -0.2) is 30.2 Å². The summed E-state index contributed by atoms with van der Waals surface area (Å²) in [5.74, 6) is 0.982. The van der Waals surface area contributed by atoms with Crippen molar-refractivity contribution in [2.24, 2.45) is 5.10 Å². The summed E-state index contributed by atoms with van der Waals surface area (Å²) in [6.45, 7) is 7.67. The molecule has 0 radical (unpaired) electrons. The number of anilines is 1. The van der Waals surface area contributed by atoms with Crippen LogP contribution < -0.4 is 5.01 Å². The average Bonchev–Trinajstić information content (AvgIpc) is 3.26. The molecule has 0 aliphatic carbocycles. The van der Waals surface area contributed by atoms with Gasteiger partial charge in [0.2, 0.25) is 0 Å². The lowest BCUT2D eigenvalue weighted by molar-refractivity contribution is 0.313. The van der Waals surface area contributed by atoms with Crippen molar-refractivity contribution in [3.63, 3.8) is 0 Å². The maximum Gasteiger partial charge on any atom is 0.128 e. The fourth-order valence-electron chi connectivity index (χ4n) is 3.07. The van der Waals surface area contributed by atoms with E-state index in [1.807, 2.05) is 18.2 Å². The van der Waals surface area contributed by atoms with Crippen molar-refractivity contribution in [1.29, 1.82) is 0 Å². The molecule has 2 aromatic rings. The van der Waals surface area contributed by atoms with E-state index in [-0.39, 0.29) is 18.4 Å². The molecule has 0 saturated carbocycles. The molecule has 1 aromatic heterocycles. The second kappa shape index (κ2) is 8.90. The molecule has 4 nitrogen and oxygen atoms in total. The highest BCUT2D eigenvalue weighted by molar-refractivity contribution is 5.89. The van der Waals surface area contributed by atoms with Gasteiger partial charge in [0.15, 0.2) is 0 Å². The van der Waals surface area contributed by atoms with E-state index in [1.165, 1.54) is 5.71 Å². The third-order valence-electron chi connectivity index (χ3n) is 4.48. The van der Waals surface area contributed by atoms with Crippen molar-refractivity contribution < 1.29 is 4.42 Å². The minimum Gasteiger partial charge on any atom is -0.467 e. The summed E-state index contributed by atoms with van der Waals surface area (Å²) in [6, 6.07) is 14.5. The zero-order valence-corrected chi connectivity index (χ0v) is 15.2. The van der Waals surface area contributed by atoms with Gasteiger partial charge in [-0.15, -0.1) is 12.4 Å². The number of furan rings is 1. The van der Waals surface area contributed by atoms with Crippen LogP contribution in [0.5, 0.6) is 0 Å². The SMILES string of the molecule is CCN(CC)CCC1=NN(c2ccccc2)C(c2ccco2)C1.Cl. The van der Waals surface area contributed by atoms with Crippen LogP contribution in [0.1, 0.15) is 38.5 Å². The first-order valence-corrected chi connectivity index (χ1v) is 8.48. The Morgan fingerprint density at radius 2 is 1.88 bits per heavy atom. The normalized spacial score (nSPS) is 17.0. The third-order valence-corrected chi connectivity index (χ3v) is 4.48. The van der Waals surface area contributed by atoms with Crippen LogP contribution in [0, 0.1) is 0 Å². The molecule has 1 aliphatic rings. The Kier molecular flexibility index (Phi) is 6.88. The van der Waals surface area contributed by atoms with Crippen LogP contribution in [0.25, 0.3) is 0 Å². The average molecular weight is 348 g/mol. The lowest BCUT2D eigenvalue weighted by atomic mass is 10.1. The van der Waals surface area contributed by atoms with E-state index >= 15 is 0 Å². The van der Waals surface area contributed by atoms with Crippen molar-refractivity contribution in [2.45, 2.75) is 32.7 Å². The Balaban J connectivity index is 0.00000208. The highest BCUT2D eigenvalue weighted by atomic mass is 35.5.